The molecule has 0 bridgehead atoms. The van der Waals surface area contributed by atoms with E-state index in [1.165, 1.54) is 21.7 Å². The maximum Gasteiger partial charge on any atom is 0.0631 e. The molecule has 15 heavy (non-hydrogen) atoms. The van der Waals surface area contributed by atoms with Gasteiger partial charge in [0.2, 0.25) is 0 Å². The topological polar surface area (TPSA) is 4.41 Å². The molecular formula is C13H11NS. The van der Waals surface area contributed by atoms with Crippen LogP contribution in [0.3, 0.4) is 0 Å². The molecule has 3 heterocycles. The summed E-state index contributed by atoms with van der Waals surface area (Å²) >= 11 is 1.78. The summed E-state index contributed by atoms with van der Waals surface area (Å²) in [5, 5.41) is 2.12. The zero-order valence-corrected chi connectivity index (χ0v) is 9.29. The Balaban J connectivity index is 2.37. The number of nitrogens with zero attached hydrogens (tertiary/aromatic N) is 1. The summed E-state index contributed by atoms with van der Waals surface area (Å²) in [6.07, 6.45) is 2.12. The second kappa shape index (κ2) is 3.24. The van der Waals surface area contributed by atoms with Crippen molar-refractivity contribution in [2.45, 2.75) is 6.92 Å². The molecule has 0 radical (unpaired) electrons. The molecule has 3 aromatic heterocycles. The molecule has 3 aromatic rings. The van der Waals surface area contributed by atoms with Crippen LogP contribution in [0.1, 0.15) is 5.56 Å². The summed E-state index contributed by atoms with van der Waals surface area (Å²) in [4.78, 5) is 1.32. The molecule has 0 aromatic carbocycles. The van der Waals surface area contributed by atoms with Crippen LogP contribution in [0, 0.1) is 6.92 Å². The van der Waals surface area contributed by atoms with Gasteiger partial charge in [0, 0.05) is 11.7 Å². The molecule has 3 rings (SSSR count). The first kappa shape index (κ1) is 8.74. The van der Waals surface area contributed by atoms with E-state index in [1.54, 1.807) is 11.3 Å². The lowest BCUT2D eigenvalue weighted by Gasteiger charge is -1.99. The largest absolute Gasteiger partial charge is 0.315 e. The van der Waals surface area contributed by atoms with Crippen LogP contribution < -0.4 is 0 Å². The summed E-state index contributed by atoms with van der Waals surface area (Å²) in [5.41, 5.74) is 3.91. The molecule has 0 aliphatic carbocycles. The highest BCUT2D eigenvalue weighted by atomic mass is 32.1. The Labute approximate surface area is 92.6 Å². The number of rotatable bonds is 1. The van der Waals surface area contributed by atoms with E-state index in [9.17, 15) is 0 Å². The number of pyridine rings is 1. The van der Waals surface area contributed by atoms with Gasteiger partial charge in [0.25, 0.3) is 0 Å². The third kappa shape index (κ3) is 1.29. The smallest absolute Gasteiger partial charge is 0.0631 e. The van der Waals surface area contributed by atoms with Gasteiger partial charge in [0.15, 0.2) is 0 Å². The van der Waals surface area contributed by atoms with Crippen molar-refractivity contribution in [1.82, 2.24) is 4.40 Å². The van der Waals surface area contributed by atoms with Gasteiger partial charge in [0.05, 0.1) is 10.6 Å². The Morgan fingerprint density at radius 2 is 2.07 bits per heavy atom. The maximum atomic E-state index is 2.25. The van der Waals surface area contributed by atoms with E-state index in [1.807, 2.05) is 0 Å². The number of hydrogen-bond acceptors (Lipinski definition) is 1. The van der Waals surface area contributed by atoms with Crippen LogP contribution in [-0.2, 0) is 0 Å². The highest BCUT2D eigenvalue weighted by molar-refractivity contribution is 7.13. The Morgan fingerprint density at radius 1 is 1.13 bits per heavy atom. The molecule has 0 aliphatic rings. The number of aromatic nitrogens is 1. The summed E-state index contributed by atoms with van der Waals surface area (Å²) in [6.45, 7) is 2.16. The van der Waals surface area contributed by atoms with Crippen molar-refractivity contribution in [2.24, 2.45) is 0 Å². The fraction of sp³-hybridized carbons (Fsp3) is 0.0769. The third-order valence-electron chi connectivity index (χ3n) is 2.65. The molecule has 0 saturated carbocycles. The molecular weight excluding hydrogens is 202 g/mol. The van der Waals surface area contributed by atoms with Gasteiger partial charge < -0.3 is 4.40 Å². The normalized spacial score (nSPS) is 11.0. The monoisotopic (exact) mass is 213 g/mol. The lowest BCUT2D eigenvalue weighted by atomic mass is 10.3. The Morgan fingerprint density at radius 3 is 2.87 bits per heavy atom. The van der Waals surface area contributed by atoms with E-state index in [0.29, 0.717) is 0 Å². The van der Waals surface area contributed by atoms with Crippen LogP contribution in [0.25, 0.3) is 16.1 Å². The summed E-state index contributed by atoms with van der Waals surface area (Å²) < 4.78 is 2.25. The second-order valence-electron chi connectivity index (χ2n) is 3.65. The Bertz CT molecular complexity index is 590. The van der Waals surface area contributed by atoms with Crippen LogP contribution in [0.5, 0.6) is 0 Å². The fourth-order valence-corrected chi connectivity index (χ4v) is 2.68. The molecule has 0 N–H and O–H groups in total. The van der Waals surface area contributed by atoms with Gasteiger partial charge in [-0.3, -0.25) is 0 Å². The molecule has 74 valence electrons. The zero-order valence-electron chi connectivity index (χ0n) is 8.47. The summed E-state index contributed by atoms with van der Waals surface area (Å²) in [6, 6.07) is 12.8. The van der Waals surface area contributed by atoms with Crippen LogP contribution >= 0.6 is 11.3 Å². The first-order valence-corrected chi connectivity index (χ1v) is 5.85. The predicted molar refractivity (Wildman–Crippen MR) is 65.4 cm³/mol. The van der Waals surface area contributed by atoms with Crippen molar-refractivity contribution >= 4 is 16.9 Å². The van der Waals surface area contributed by atoms with Gasteiger partial charge in [-0.1, -0.05) is 12.1 Å². The van der Waals surface area contributed by atoms with Crippen molar-refractivity contribution in [2.75, 3.05) is 0 Å². The first-order chi connectivity index (χ1) is 7.36. The number of fused-ring (bicyclic) bond motifs is 1. The van der Waals surface area contributed by atoms with E-state index in [2.05, 4.69) is 59.3 Å². The molecule has 0 aliphatic heterocycles. The maximum absolute atomic E-state index is 2.25. The van der Waals surface area contributed by atoms with Crippen molar-refractivity contribution in [3.63, 3.8) is 0 Å². The molecule has 0 atom stereocenters. The third-order valence-corrected chi connectivity index (χ3v) is 3.54. The SMILES string of the molecule is Cc1cc(-c2cccs2)n2ccccc12. The number of hydrogen-bond donors (Lipinski definition) is 0. The van der Waals surface area contributed by atoms with Gasteiger partial charge in [-0.05, 0) is 42.1 Å². The molecule has 2 heteroatoms. The molecule has 0 spiro atoms. The summed E-state index contributed by atoms with van der Waals surface area (Å²) in [5.74, 6) is 0. The number of thiophene rings is 1. The van der Waals surface area contributed by atoms with E-state index in [0.717, 1.165) is 0 Å². The average molecular weight is 213 g/mol. The van der Waals surface area contributed by atoms with Crippen molar-refractivity contribution in [3.05, 3.63) is 53.5 Å². The molecule has 0 amide bonds. The summed E-state index contributed by atoms with van der Waals surface area (Å²) in [7, 11) is 0. The lowest BCUT2D eigenvalue weighted by molar-refractivity contribution is 1.21. The molecule has 0 unspecified atom stereocenters. The highest BCUT2D eigenvalue weighted by Gasteiger charge is 2.07. The van der Waals surface area contributed by atoms with E-state index in [-0.39, 0.29) is 0 Å². The van der Waals surface area contributed by atoms with Crippen LogP contribution in [0.2, 0.25) is 0 Å². The van der Waals surface area contributed by atoms with Crippen LogP contribution in [0.15, 0.2) is 48.0 Å². The van der Waals surface area contributed by atoms with Gasteiger partial charge in [-0.25, -0.2) is 0 Å². The van der Waals surface area contributed by atoms with E-state index in [4.69, 9.17) is 0 Å². The van der Waals surface area contributed by atoms with E-state index >= 15 is 0 Å². The van der Waals surface area contributed by atoms with Gasteiger partial charge in [0.1, 0.15) is 0 Å². The molecule has 0 saturated heterocycles. The number of aryl methyl sites for hydroxylation is 1. The van der Waals surface area contributed by atoms with Crippen LogP contribution in [0.4, 0.5) is 0 Å². The quantitative estimate of drug-likeness (QED) is 0.576. The molecule has 0 fully saturated rings. The Kier molecular flexibility index (Phi) is 1.89. The average Bonchev–Trinajstić information content (AvgIpc) is 2.87. The highest BCUT2D eigenvalue weighted by Crippen LogP contribution is 2.28. The first-order valence-electron chi connectivity index (χ1n) is 4.97. The van der Waals surface area contributed by atoms with Crippen molar-refractivity contribution in [1.29, 1.82) is 0 Å². The zero-order chi connectivity index (χ0) is 10.3. The fourth-order valence-electron chi connectivity index (χ4n) is 1.94. The minimum Gasteiger partial charge on any atom is -0.315 e. The molecule has 1 nitrogen and oxygen atoms in total. The van der Waals surface area contributed by atoms with Crippen LogP contribution in [-0.4, -0.2) is 4.40 Å². The minimum atomic E-state index is 1.29. The lowest BCUT2D eigenvalue weighted by Crippen LogP contribution is -1.84. The van der Waals surface area contributed by atoms with Crippen molar-refractivity contribution in [3.8, 4) is 10.6 Å². The van der Waals surface area contributed by atoms with Gasteiger partial charge in [-0.2, -0.15) is 0 Å². The second-order valence-corrected chi connectivity index (χ2v) is 4.59. The Hall–Kier alpha value is -1.54. The van der Waals surface area contributed by atoms with Gasteiger partial charge >= 0.3 is 0 Å². The van der Waals surface area contributed by atoms with Gasteiger partial charge in [-0.15, -0.1) is 11.3 Å². The predicted octanol–water partition coefficient (Wildman–Crippen LogP) is 3.98. The van der Waals surface area contributed by atoms with E-state index < -0.39 is 0 Å². The van der Waals surface area contributed by atoms with Crippen molar-refractivity contribution < 1.29 is 0 Å². The minimum absolute atomic E-state index is 1.29. The standard InChI is InChI=1S/C13H11NS/c1-10-9-12(13-6-4-8-15-13)14-7-3-2-5-11(10)14/h2-9H,1H3.